The number of aromatic nitrogens is 1. The van der Waals surface area contributed by atoms with Crippen LogP contribution in [0.5, 0.6) is 11.5 Å². The highest BCUT2D eigenvalue weighted by atomic mass is 16.5. The second-order valence-electron chi connectivity index (χ2n) is 4.42. The SMILES string of the molecule is COc1ccc2nccc(O[C@H]3CCNC3)c2c1. The molecule has 2 aromatic rings. The Morgan fingerprint density at radius 2 is 2.28 bits per heavy atom. The van der Waals surface area contributed by atoms with Gasteiger partial charge in [-0.25, -0.2) is 0 Å². The van der Waals surface area contributed by atoms with Crippen molar-refractivity contribution in [1.82, 2.24) is 10.3 Å². The molecule has 1 aromatic carbocycles. The number of ether oxygens (including phenoxy) is 2. The van der Waals surface area contributed by atoms with Gasteiger partial charge in [-0.2, -0.15) is 0 Å². The molecule has 3 rings (SSSR count). The van der Waals surface area contributed by atoms with Crippen molar-refractivity contribution in [3.63, 3.8) is 0 Å². The molecule has 0 bridgehead atoms. The number of nitrogens with one attached hydrogen (secondary N) is 1. The molecule has 1 aliphatic heterocycles. The van der Waals surface area contributed by atoms with Crippen LogP contribution in [0.4, 0.5) is 0 Å². The molecule has 2 heterocycles. The Morgan fingerprint density at radius 1 is 1.33 bits per heavy atom. The van der Waals surface area contributed by atoms with Gasteiger partial charge in [0.25, 0.3) is 0 Å². The molecule has 1 saturated heterocycles. The van der Waals surface area contributed by atoms with Crippen LogP contribution in [-0.2, 0) is 0 Å². The van der Waals surface area contributed by atoms with E-state index in [1.807, 2.05) is 24.3 Å². The van der Waals surface area contributed by atoms with Crippen molar-refractivity contribution in [2.75, 3.05) is 20.2 Å². The molecule has 0 radical (unpaired) electrons. The summed E-state index contributed by atoms with van der Waals surface area (Å²) >= 11 is 0. The van der Waals surface area contributed by atoms with Crippen LogP contribution in [0.2, 0.25) is 0 Å². The number of nitrogens with zero attached hydrogens (tertiary/aromatic N) is 1. The minimum atomic E-state index is 0.252. The van der Waals surface area contributed by atoms with Crippen molar-refractivity contribution >= 4 is 10.9 Å². The quantitative estimate of drug-likeness (QED) is 0.896. The molecule has 0 spiro atoms. The van der Waals surface area contributed by atoms with E-state index in [1.54, 1.807) is 13.3 Å². The maximum absolute atomic E-state index is 6.03. The highest BCUT2D eigenvalue weighted by molar-refractivity contribution is 5.86. The molecule has 0 unspecified atom stereocenters. The van der Waals surface area contributed by atoms with Crippen LogP contribution >= 0.6 is 0 Å². The monoisotopic (exact) mass is 244 g/mol. The number of methoxy groups -OCH3 is 1. The summed E-state index contributed by atoms with van der Waals surface area (Å²) in [5, 5.41) is 4.30. The molecule has 18 heavy (non-hydrogen) atoms. The van der Waals surface area contributed by atoms with E-state index in [1.165, 1.54) is 0 Å². The fourth-order valence-electron chi connectivity index (χ4n) is 2.24. The molecule has 1 atom stereocenters. The van der Waals surface area contributed by atoms with E-state index < -0.39 is 0 Å². The predicted molar refractivity (Wildman–Crippen MR) is 70.2 cm³/mol. The summed E-state index contributed by atoms with van der Waals surface area (Å²) in [5.74, 6) is 1.71. The minimum absolute atomic E-state index is 0.252. The first-order chi connectivity index (χ1) is 8.86. The first-order valence-corrected chi connectivity index (χ1v) is 6.17. The Balaban J connectivity index is 1.98. The fraction of sp³-hybridized carbons (Fsp3) is 0.357. The fourth-order valence-corrected chi connectivity index (χ4v) is 2.24. The Bertz CT molecular complexity index is 550. The summed E-state index contributed by atoms with van der Waals surface area (Å²) in [6, 6.07) is 7.75. The third kappa shape index (κ3) is 2.11. The van der Waals surface area contributed by atoms with Crippen LogP contribution < -0.4 is 14.8 Å². The van der Waals surface area contributed by atoms with Gasteiger partial charge in [-0.15, -0.1) is 0 Å². The summed E-state index contributed by atoms with van der Waals surface area (Å²) in [5.41, 5.74) is 0.930. The summed E-state index contributed by atoms with van der Waals surface area (Å²) in [7, 11) is 1.67. The molecule has 1 aliphatic rings. The minimum Gasteiger partial charge on any atom is -0.497 e. The smallest absolute Gasteiger partial charge is 0.130 e. The van der Waals surface area contributed by atoms with Gasteiger partial charge >= 0.3 is 0 Å². The number of hydrogen-bond acceptors (Lipinski definition) is 4. The molecule has 0 aliphatic carbocycles. The Hall–Kier alpha value is -1.81. The Kier molecular flexibility index (Phi) is 3.02. The third-order valence-corrected chi connectivity index (χ3v) is 3.22. The van der Waals surface area contributed by atoms with E-state index in [-0.39, 0.29) is 6.10 Å². The van der Waals surface area contributed by atoms with E-state index >= 15 is 0 Å². The molecule has 4 nitrogen and oxygen atoms in total. The van der Waals surface area contributed by atoms with Gasteiger partial charge in [-0.3, -0.25) is 4.98 Å². The van der Waals surface area contributed by atoms with E-state index in [9.17, 15) is 0 Å². The molecule has 0 saturated carbocycles. The van der Waals surface area contributed by atoms with E-state index in [4.69, 9.17) is 9.47 Å². The third-order valence-electron chi connectivity index (χ3n) is 3.22. The molecular weight excluding hydrogens is 228 g/mol. The van der Waals surface area contributed by atoms with Gasteiger partial charge in [0.1, 0.15) is 17.6 Å². The van der Waals surface area contributed by atoms with Gasteiger partial charge < -0.3 is 14.8 Å². The lowest BCUT2D eigenvalue weighted by atomic mass is 10.2. The number of pyridine rings is 1. The summed E-state index contributed by atoms with van der Waals surface area (Å²) in [4.78, 5) is 4.34. The molecule has 0 amide bonds. The van der Waals surface area contributed by atoms with Crippen molar-refractivity contribution in [2.45, 2.75) is 12.5 Å². The Morgan fingerprint density at radius 3 is 3.06 bits per heavy atom. The highest BCUT2D eigenvalue weighted by Crippen LogP contribution is 2.28. The zero-order chi connectivity index (χ0) is 12.4. The van der Waals surface area contributed by atoms with Crippen molar-refractivity contribution in [1.29, 1.82) is 0 Å². The number of benzene rings is 1. The van der Waals surface area contributed by atoms with Gasteiger partial charge in [0, 0.05) is 18.1 Å². The number of fused-ring (bicyclic) bond motifs is 1. The molecule has 4 heteroatoms. The second-order valence-corrected chi connectivity index (χ2v) is 4.42. The topological polar surface area (TPSA) is 43.4 Å². The first kappa shape index (κ1) is 11.3. The zero-order valence-electron chi connectivity index (χ0n) is 10.3. The normalized spacial score (nSPS) is 19.1. The maximum Gasteiger partial charge on any atom is 0.130 e. The van der Waals surface area contributed by atoms with Crippen molar-refractivity contribution < 1.29 is 9.47 Å². The van der Waals surface area contributed by atoms with Crippen LogP contribution in [0.15, 0.2) is 30.5 Å². The van der Waals surface area contributed by atoms with E-state index in [2.05, 4.69) is 10.3 Å². The van der Waals surface area contributed by atoms with Gasteiger partial charge in [-0.05, 0) is 37.2 Å². The summed E-state index contributed by atoms with van der Waals surface area (Å²) < 4.78 is 11.3. The standard InChI is InChI=1S/C14H16N2O2/c1-17-10-2-3-13-12(8-10)14(5-7-16-13)18-11-4-6-15-9-11/h2-3,5,7-8,11,15H,4,6,9H2,1H3/t11-/m0/s1. The maximum atomic E-state index is 6.03. The van der Waals surface area contributed by atoms with Gasteiger partial charge in [-0.1, -0.05) is 0 Å². The average Bonchev–Trinajstić information content (AvgIpc) is 2.91. The van der Waals surface area contributed by atoms with E-state index in [0.29, 0.717) is 0 Å². The molecular formula is C14H16N2O2. The van der Waals surface area contributed by atoms with Gasteiger partial charge in [0.2, 0.25) is 0 Å². The second kappa shape index (κ2) is 4.82. The zero-order valence-corrected chi connectivity index (χ0v) is 10.3. The van der Waals surface area contributed by atoms with Crippen LogP contribution in [0, 0.1) is 0 Å². The lowest BCUT2D eigenvalue weighted by molar-refractivity contribution is 0.226. The number of hydrogen-bond donors (Lipinski definition) is 1. The Labute approximate surface area is 106 Å². The lowest BCUT2D eigenvalue weighted by Crippen LogP contribution is -2.19. The highest BCUT2D eigenvalue weighted by Gasteiger charge is 2.17. The van der Waals surface area contributed by atoms with Crippen LogP contribution in [-0.4, -0.2) is 31.3 Å². The predicted octanol–water partition coefficient (Wildman–Crippen LogP) is 1.98. The lowest BCUT2D eigenvalue weighted by Gasteiger charge is -2.14. The molecule has 94 valence electrons. The summed E-state index contributed by atoms with van der Waals surface area (Å²) in [6.45, 7) is 1.94. The molecule has 1 fully saturated rings. The van der Waals surface area contributed by atoms with E-state index in [0.717, 1.165) is 41.9 Å². The largest absolute Gasteiger partial charge is 0.497 e. The van der Waals surface area contributed by atoms with Gasteiger partial charge in [0.15, 0.2) is 0 Å². The van der Waals surface area contributed by atoms with Crippen LogP contribution in [0.3, 0.4) is 0 Å². The number of rotatable bonds is 3. The first-order valence-electron chi connectivity index (χ1n) is 6.17. The van der Waals surface area contributed by atoms with Crippen molar-refractivity contribution in [3.05, 3.63) is 30.5 Å². The average molecular weight is 244 g/mol. The van der Waals surface area contributed by atoms with Crippen molar-refractivity contribution in [2.24, 2.45) is 0 Å². The van der Waals surface area contributed by atoms with Crippen LogP contribution in [0.25, 0.3) is 10.9 Å². The molecule has 1 aromatic heterocycles. The van der Waals surface area contributed by atoms with Crippen LogP contribution in [0.1, 0.15) is 6.42 Å². The van der Waals surface area contributed by atoms with Gasteiger partial charge in [0.05, 0.1) is 12.6 Å². The molecule has 1 N–H and O–H groups in total. The van der Waals surface area contributed by atoms with Crippen molar-refractivity contribution in [3.8, 4) is 11.5 Å². The summed E-state index contributed by atoms with van der Waals surface area (Å²) in [6.07, 6.45) is 3.09.